The number of nitrogens with one attached hydrogen (secondary N) is 2. The van der Waals surface area contributed by atoms with Gasteiger partial charge in [-0.25, -0.2) is 15.0 Å². The number of nitrogens with zero attached hydrogens (tertiary/aromatic N) is 8. The minimum Gasteiger partial charge on any atom is -0.496 e. The summed E-state index contributed by atoms with van der Waals surface area (Å²) in [6.07, 6.45) is 1.57. The number of aromatic nitrogens is 3. The van der Waals surface area contributed by atoms with Gasteiger partial charge < -0.3 is 49.5 Å². The molecule has 0 spiro atoms. The number of quaternary nitrogens is 2. The molecule has 1 saturated heterocycles. The van der Waals surface area contributed by atoms with Crippen molar-refractivity contribution in [3.8, 4) is 22.6 Å². The molecule has 1 fully saturated rings. The Morgan fingerprint density at radius 3 is 1.29 bits per heavy atom. The molecule has 7 N–H and O–H groups in total. The Balaban J connectivity index is 1.18. The lowest BCUT2D eigenvalue weighted by Gasteiger charge is -2.26. The maximum atomic E-state index is 14.8. The van der Waals surface area contributed by atoms with Gasteiger partial charge in [-0.15, -0.1) is 0 Å². The van der Waals surface area contributed by atoms with Gasteiger partial charge in [-0.2, -0.15) is 0 Å². The first kappa shape index (κ1) is 72.0. The molecule has 0 saturated carbocycles. The van der Waals surface area contributed by atoms with Gasteiger partial charge in [0.1, 0.15) is 27.8 Å². The summed E-state index contributed by atoms with van der Waals surface area (Å²) in [5, 5.41) is 6.74. The molecule has 21 nitrogen and oxygen atoms in total. The van der Waals surface area contributed by atoms with Gasteiger partial charge >= 0.3 is 0 Å². The fourth-order valence-corrected chi connectivity index (χ4v) is 15.3. The van der Waals surface area contributed by atoms with E-state index in [1.54, 1.807) is 122 Å². The summed E-state index contributed by atoms with van der Waals surface area (Å²) < 4.78 is 57.4. The van der Waals surface area contributed by atoms with Gasteiger partial charge in [-0.3, -0.25) is 38.0 Å². The minimum absolute atomic E-state index is 0.00130. The highest BCUT2D eigenvalue weighted by Crippen LogP contribution is 2.43. The SMILES string of the molecule is COc1cc(OCCCN)cc(C)c1-c1cc(CN2CCN(Cc3cc(CCC(=O)NCC[N+](C)(C)C)cc(P(=O)(O)c4ccccc4)n3)CCN(Cc3cc(CCC(=O)NCC[N+](C)(C)C)cc(P(=O)(O)c4ccccc4)n3)CC2)nc(P(=O)(O)c2ccccc2)c1. The summed E-state index contributed by atoms with van der Waals surface area (Å²) >= 11 is 0. The molecule has 0 aliphatic carbocycles. The zero-order valence-corrected chi connectivity index (χ0v) is 57.8. The average molecular weight is 1330 g/mol. The predicted molar refractivity (Wildman–Crippen MR) is 369 cm³/mol. The Morgan fingerprint density at radius 2 is 0.925 bits per heavy atom. The summed E-state index contributed by atoms with van der Waals surface area (Å²) in [6, 6.07) is 39.7. The number of likely N-dealkylation sites (N-methyl/N-ethyl adjacent to an activating group) is 2. The fraction of sp³-hybridized carbons (Fsp3) is 0.406. The predicted octanol–water partition coefficient (Wildman–Crippen LogP) is 4.58. The molecule has 2 amide bonds. The van der Waals surface area contributed by atoms with Crippen LogP contribution in [0.15, 0.2) is 140 Å². The fourth-order valence-electron chi connectivity index (χ4n) is 11.0. The molecule has 3 atom stereocenters. The van der Waals surface area contributed by atoms with E-state index in [0.717, 1.165) is 18.7 Å². The van der Waals surface area contributed by atoms with Crippen LogP contribution in [0.1, 0.15) is 53.0 Å². The molecule has 498 valence electrons. The van der Waals surface area contributed by atoms with Crippen LogP contribution in [0.5, 0.6) is 11.5 Å². The third-order valence-corrected chi connectivity index (χ3v) is 21.8. The monoisotopic (exact) mass is 1330 g/mol. The lowest BCUT2D eigenvalue weighted by Crippen LogP contribution is -2.41. The number of methoxy groups -OCH3 is 1. The number of benzene rings is 4. The number of amides is 2. The van der Waals surface area contributed by atoms with Crippen molar-refractivity contribution in [2.24, 2.45) is 5.73 Å². The second-order valence-electron chi connectivity index (χ2n) is 26.0. The standard InChI is InChI=1S/C69H92N11O10P3/c1-52-41-59(90-40-18-29-70)48-63(89-8)69(52)55-46-58(75-68(47-55)93(87,88)62-23-16-11-17-24-62)51-78-36-34-76(49-56-42-53(25-27-64(81)71-30-38-79(2,3)4)44-66(73-56)91(83,84)60-19-12-9-13-20-60)32-33-77(35-37-78)50-57-43-54(26-28-65(82)72-31-39-80(5,6)7)45-67(74-57)92(85,86)61-21-14-10-15-22-61/h9-17,19-24,41-48H,18,25-40,49-51,70H2,1-8H3,(H3-2,71,72,81,82,83,84,85,86,87,88)/p+2. The first-order chi connectivity index (χ1) is 44.2. The summed E-state index contributed by atoms with van der Waals surface area (Å²) in [6.45, 7) is 8.91. The molecular formula is C69H94N11O10P3+2. The minimum atomic E-state index is -4.29. The van der Waals surface area contributed by atoms with Gasteiger partial charge in [0.15, 0.2) is 0 Å². The van der Waals surface area contributed by atoms with Gasteiger partial charge in [0, 0.05) is 99.3 Å². The highest BCUT2D eigenvalue weighted by atomic mass is 31.2. The van der Waals surface area contributed by atoms with E-state index in [2.05, 4.69) is 67.6 Å². The quantitative estimate of drug-likeness (QED) is 0.0205. The maximum absolute atomic E-state index is 14.8. The summed E-state index contributed by atoms with van der Waals surface area (Å²) in [7, 11) is 1.17. The average Bonchev–Trinajstić information content (AvgIpc) is 0.814. The van der Waals surface area contributed by atoms with Crippen molar-refractivity contribution < 1.29 is 56.4 Å². The Kier molecular flexibility index (Phi) is 25.2. The zero-order chi connectivity index (χ0) is 67.0. The molecule has 24 heteroatoms. The van der Waals surface area contributed by atoms with Crippen LogP contribution < -0.4 is 58.1 Å². The van der Waals surface area contributed by atoms with Crippen LogP contribution in [0.4, 0.5) is 0 Å². The van der Waals surface area contributed by atoms with E-state index >= 15 is 0 Å². The molecule has 4 heterocycles. The molecule has 1 aliphatic rings. The smallest absolute Gasteiger partial charge is 0.276 e. The number of rotatable bonds is 30. The Bertz CT molecular complexity index is 3640. The lowest BCUT2D eigenvalue weighted by molar-refractivity contribution is -0.869. The van der Waals surface area contributed by atoms with Crippen molar-refractivity contribution in [3.63, 3.8) is 0 Å². The normalized spacial score (nSPS) is 15.8. The number of carbonyl (C=O) groups excluding carboxylic acids is 2. The number of ether oxygens (including phenoxy) is 2. The molecule has 93 heavy (non-hydrogen) atoms. The summed E-state index contributed by atoms with van der Waals surface area (Å²) in [4.78, 5) is 84.1. The first-order valence-corrected chi connectivity index (χ1v) is 36.7. The summed E-state index contributed by atoms with van der Waals surface area (Å²) in [5.74, 6) is 0.842. The van der Waals surface area contributed by atoms with E-state index in [1.807, 2.05) is 31.2 Å². The van der Waals surface area contributed by atoms with E-state index in [-0.39, 0.29) is 76.5 Å². The van der Waals surface area contributed by atoms with E-state index in [4.69, 9.17) is 30.2 Å². The molecular weight excluding hydrogens is 1240 g/mol. The van der Waals surface area contributed by atoms with Crippen LogP contribution in [0.25, 0.3) is 11.1 Å². The van der Waals surface area contributed by atoms with Crippen LogP contribution in [-0.4, -0.2) is 193 Å². The number of carbonyl (C=O) groups is 2. The highest BCUT2D eigenvalue weighted by Gasteiger charge is 2.32. The summed E-state index contributed by atoms with van der Waals surface area (Å²) in [5.41, 5.74) is 10.9. The molecule has 0 bridgehead atoms. The molecule has 4 aromatic carbocycles. The third kappa shape index (κ3) is 21.1. The van der Waals surface area contributed by atoms with Crippen molar-refractivity contribution in [3.05, 3.63) is 173 Å². The molecule has 8 rings (SSSR count). The van der Waals surface area contributed by atoms with Gasteiger partial charge in [0.25, 0.3) is 22.1 Å². The molecule has 7 aromatic rings. The first-order valence-electron chi connectivity index (χ1n) is 31.7. The van der Waals surface area contributed by atoms with Crippen molar-refractivity contribution in [2.45, 2.75) is 58.7 Å². The third-order valence-electron chi connectivity index (χ3n) is 16.2. The van der Waals surface area contributed by atoms with Crippen LogP contribution in [-0.2, 0) is 55.8 Å². The van der Waals surface area contributed by atoms with Crippen molar-refractivity contribution in [1.82, 2.24) is 40.3 Å². The topological polar surface area (TPSA) is 263 Å². The second-order valence-corrected chi connectivity index (χ2v) is 32.3. The van der Waals surface area contributed by atoms with E-state index < -0.39 is 22.1 Å². The molecule has 3 aromatic heterocycles. The van der Waals surface area contributed by atoms with Gasteiger partial charge in [-0.05, 0) is 134 Å². The van der Waals surface area contributed by atoms with Crippen molar-refractivity contribution in [1.29, 1.82) is 0 Å². The second kappa shape index (κ2) is 32.6. The number of hydrogen-bond acceptors (Lipinski definition) is 14. The number of pyridine rings is 3. The molecule has 0 radical (unpaired) electrons. The largest absolute Gasteiger partial charge is 0.496 e. The van der Waals surface area contributed by atoms with E-state index in [9.17, 15) is 38.0 Å². The number of aryl methyl sites for hydroxylation is 3. The molecule has 1 aliphatic heterocycles. The maximum Gasteiger partial charge on any atom is 0.276 e. The van der Waals surface area contributed by atoms with Gasteiger partial charge in [-0.1, -0.05) is 54.6 Å². The van der Waals surface area contributed by atoms with Gasteiger partial charge in [0.05, 0.1) is 99.3 Å². The van der Waals surface area contributed by atoms with Crippen molar-refractivity contribution >= 4 is 66.1 Å². The Hall–Kier alpha value is -6.80. The van der Waals surface area contributed by atoms with Crippen LogP contribution in [0.2, 0.25) is 0 Å². The highest BCUT2D eigenvalue weighted by molar-refractivity contribution is 7.74. The van der Waals surface area contributed by atoms with Crippen LogP contribution in [0, 0.1) is 6.92 Å². The molecule has 3 unspecified atom stereocenters. The number of hydrogen-bond donors (Lipinski definition) is 6. The van der Waals surface area contributed by atoms with E-state index in [1.165, 1.54) is 0 Å². The Morgan fingerprint density at radius 1 is 0.548 bits per heavy atom. The van der Waals surface area contributed by atoms with Crippen LogP contribution >= 0.6 is 22.1 Å². The van der Waals surface area contributed by atoms with Gasteiger partial charge in [0.2, 0.25) is 11.8 Å². The van der Waals surface area contributed by atoms with E-state index in [0.29, 0.717) is 145 Å². The van der Waals surface area contributed by atoms with Crippen LogP contribution in [0.3, 0.4) is 0 Å². The van der Waals surface area contributed by atoms with Crippen molar-refractivity contribution in [2.75, 3.05) is 128 Å². The Labute approximate surface area is 548 Å². The zero-order valence-electron chi connectivity index (χ0n) is 55.1. The number of nitrogens with two attached hydrogens (primary N) is 1. The lowest BCUT2D eigenvalue weighted by atomic mass is 9.99.